The highest BCUT2D eigenvalue weighted by molar-refractivity contribution is 5.58. The maximum atomic E-state index is 3.55. The van der Waals surface area contributed by atoms with Crippen LogP contribution in [0.1, 0.15) is 31.4 Å². The highest BCUT2D eigenvalue weighted by atomic mass is 14.9. The first kappa shape index (κ1) is 9.57. The smallest absolute Gasteiger partial charge is 0.0402 e. The fourth-order valence-electron chi connectivity index (χ4n) is 2.26. The third kappa shape index (κ3) is 1.77. The summed E-state index contributed by atoms with van der Waals surface area (Å²) in [6, 6.07) is 6.60. The first-order valence-electron chi connectivity index (χ1n) is 5.41. The van der Waals surface area contributed by atoms with Gasteiger partial charge in [0.05, 0.1) is 0 Å². The molecule has 0 bridgehead atoms. The molecule has 0 radical (unpaired) electrons. The van der Waals surface area contributed by atoms with E-state index in [-0.39, 0.29) is 0 Å². The average molecular weight is 189 g/mol. The summed E-state index contributed by atoms with van der Waals surface area (Å²) in [6.07, 6.45) is 2.44. The van der Waals surface area contributed by atoms with E-state index >= 15 is 0 Å². The van der Waals surface area contributed by atoms with Crippen molar-refractivity contribution in [2.45, 2.75) is 33.6 Å². The van der Waals surface area contributed by atoms with Crippen LogP contribution < -0.4 is 5.32 Å². The number of anilines is 1. The molecular weight excluding hydrogens is 170 g/mol. The molecule has 0 saturated heterocycles. The van der Waals surface area contributed by atoms with E-state index in [1.54, 1.807) is 0 Å². The van der Waals surface area contributed by atoms with Crippen molar-refractivity contribution in [1.29, 1.82) is 0 Å². The van der Waals surface area contributed by atoms with E-state index in [1.807, 2.05) is 0 Å². The van der Waals surface area contributed by atoms with E-state index in [1.165, 1.54) is 29.7 Å². The number of aryl methyl sites for hydroxylation is 1. The number of fused-ring (bicyclic) bond motifs is 1. The predicted octanol–water partition coefficient (Wildman–Crippen LogP) is 3.38. The van der Waals surface area contributed by atoms with Crippen LogP contribution in [-0.4, -0.2) is 6.54 Å². The van der Waals surface area contributed by atoms with Crippen molar-refractivity contribution in [2.75, 3.05) is 11.9 Å². The molecule has 0 amide bonds. The summed E-state index contributed by atoms with van der Waals surface area (Å²) < 4.78 is 0. The Morgan fingerprint density at radius 3 is 2.86 bits per heavy atom. The highest BCUT2D eigenvalue weighted by Gasteiger charge is 2.23. The standard InChI is InChI=1S/C13H19N/c1-10-5-4-6-11-9-13(2,3)7-8-14-12(10)11/h4-6,14H,7-9H2,1-3H3. The lowest BCUT2D eigenvalue weighted by molar-refractivity contribution is 0.349. The van der Waals surface area contributed by atoms with Gasteiger partial charge in [-0.3, -0.25) is 0 Å². The van der Waals surface area contributed by atoms with E-state index in [2.05, 4.69) is 44.3 Å². The van der Waals surface area contributed by atoms with E-state index in [0.717, 1.165) is 6.54 Å². The molecular formula is C13H19N. The SMILES string of the molecule is Cc1cccc2c1NCCC(C)(C)C2. The third-order valence-electron chi connectivity index (χ3n) is 3.13. The minimum absolute atomic E-state index is 0.437. The summed E-state index contributed by atoms with van der Waals surface area (Å²) in [5, 5.41) is 3.55. The summed E-state index contributed by atoms with van der Waals surface area (Å²) in [6.45, 7) is 7.99. The summed E-state index contributed by atoms with van der Waals surface area (Å²) >= 11 is 0. The van der Waals surface area contributed by atoms with Gasteiger partial charge in [0.2, 0.25) is 0 Å². The van der Waals surface area contributed by atoms with Crippen LogP contribution in [0.2, 0.25) is 0 Å². The molecule has 76 valence electrons. The fraction of sp³-hybridized carbons (Fsp3) is 0.538. The van der Waals surface area contributed by atoms with Crippen molar-refractivity contribution < 1.29 is 0 Å². The molecule has 1 aliphatic heterocycles. The van der Waals surface area contributed by atoms with Gasteiger partial charge in [-0.2, -0.15) is 0 Å². The van der Waals surface area contributed by atoms with Gasteiger partial charge in [0.1, 0.15) is 0 Å². The van der Waals surface area contributed by atoms with Gasteiger partial charge in [-0.15, -0.1) is 0 Å². The Morgan fingerprint density at radius 2 is 2.07 bits per heavy atom. The molecule has 0 aliphatic carbocycles. The van der Waals surface area contributed by atoms with Crippen molar-refractivity contribution in [2.24, 2.45) is 5.41 Å². The number of hydrogen-bond acceptors (Lipinski definition) is 1. The van der Waals surface area contributed by atoms with Crippen LogP contribution in [0.5, 0.6) is 0 Å². The van der Waals surface area contributed by atoms with Crippen molar-refractivity contribution in [3.63, 3.8) is 0 Å². The van der Waals surface area contributed by atoms with Crippen molar-refractivity contribution >= 4 is 5.69 Å². The summed E-state index contributed by atoms with van der Waals surface area (Å²) in [5.74, 6) is 0. The quantitative estimate of drug-likeness (QED) is 0.659. The molecule has 0 fully saturated rings. The van der Waals surface area contributed by atoms with Gasteiger partial charge in [-0.05, 0) is 36.3 Å². The lowest BCUT2D eigenvalue weighted by Gasteiger charge is -2.21. The second kappa shape index (κ2) is 3.30. The molecule has 1 N–H and O–H groups in total. The third-order valence-corrected chi connectivity index (χ3v) is 3.13. The second-order valence-corrected chi connectivity index (χ2v) is 5.13. The average Bonchev–Trinajstić information content (AvgIpc) is 2.23. The molecule has 0 atom stereocenters. The number of hydrogen-bond donors (Lipinski definition) is 1. The Bertz CT molecular complexity index is 339. The van der Waals surface area contributed by atoms with E-state index in [0.29, 0.717) is 5.41 Å². The number of nitrogens with one attached hydrogen (secondary N) is 1. The Morgan fingerprint density at radius 1 is 1.29 bits per heavy atom. The lowest BCUT2D eigenvalue weighted by atomic mass is 9.83. The van der Waals surface area contributed by atoms with Crippen LogP contribution in [0, 0.1) is 12.3 Å². The predicted molar refractivity (Wildman–Crippen MR) is 61.8 cm³/mol. The minimum Gasteiger partial charge on any atom is -0.385 e. The molecule has 0 spiro atoms. The Labute approximate surface area is 86.5 Å². The minimum atomic E-state index is 0.437. The molecule has 0 saturated carbocycles. The van der Waals surface area contributed by atoms with Crippen LogP contribution in [0.15, 0.2) is 18.2 Å². The normalized spacial score (nSPS) is 19.4. The summed E-state index contributed by atoms with van der Waals surface area (Å²) in [7, 11) is 0. The first-order chi connectivity index (χ1) is 6.58. The molecule has 1 aromatic rings. The molecule has 0 unspecified atom stereocenters. The van der Waals surface area contributed by atoms with Gasteiger partial charge >= 0.3 is 0 Å². The van der Waals surface area contributed by atoms with Crippen molar-refractivity contribution in [1.82, 2.24) is 0 Å². The van der Waals surface area contributed by atoms with Crippen LogP contribution in [-0.2, 0) is 6.42 Å². The lowest BCUT2D eigenvalue weighted by Crippen LogP contribution is -2.15. The van der Waals surface area contributed by atoms with Gasteiger partial charge in [0.25, 0.3) is 0 Å². The zero-order chi connectivity index (χ0) is 10.2. The van der Waals surface area contributed by atoms with Crippen LogP contribution in [0.4, 0.5) is 5.69 Å². The number of benzene rings is 1. The van der Waals surface area contributed by atoms with E-state index < -0.39 is 0 Å². The molecule has 1 aromatic carbocycles. The van der Waals surface area contributed by atoms with Gasteiger partial charge < -0.3 is 5.32 Å². The Kier molecular flexibility index (Phi) is 2.26. The van der Waals surface area contributed by atoms with Gasteiger partial charge in [-0.25, -0.2) is 0 Å². The zero-order valence-corrected chi connectivity index (χ0v) is 9.35. The van der Waals surface area contributed by atoms with Crippen LogP contribution in [0.3, 0.4) is 0 Å². The zero-order valence-electron chi connectivity index (χ0n) is 9.35. The summed E-state index contributed by atoms with van der Waals surface area (Å²) in [4.78, 5) is 0. The Balaban J connectivity index is 2.42. The van der Waals surface area contributed by atoms with Gasteiger partial charge in [-0.1, -0.05) is 32.0 Å². The Hall–Kier alpha value is -0.980. The molecule has 0 aromatic heterocycles. The number of rotatable bonds is 0. The van der Waals surface area contributed by atoms with Crippen molar-refractivity contribution in [3.05, 3.63) is 29.3 Å². The monoisotopic (exact) mass is 189 g/mol. The topological polar surface area (TPSA) is 12.0 Å². The van der Waals surface area contributed by atoms with Crippen LogP contribution in [0.25, 0.3) is 0 Å². The molecule has 1 heterocycles. The van der Waals surface area contributed by atoms with Crippen molar-refractivity contribution in [3.8, 4) is 0 Å². The molecule has 2 rings (SSSR count). The van der Waals surface area contributed by atoms with Crippen LogP contribution >= 0.6 is 0 Å². The number of para-hydroxylation sites is 1. The molecule has 1 heteroatoms. The maximum absolute atomic E-state index is 3.55. The first-order valence-corrected chi connectivity index (χ1v) is 5.41. The summed E-state index contributed by atoms with van der Waals surface area (Å²) in [5.41, 5.74) is 4.66. The van der Waals surface area contributed by atoms with Gasteiger partial charge in [0, 0.05) is 12.2 Å². The fourth-order valence-corrected chi connectivity index (χ4v) is 2.26. The molecule has 1 aliphatic rings. The second-order valence-electron chi connectivity index (χ2n) is 5.13. The maximum Gasteiger partial charge on any atom is 0.0402 e. The molecule has 1 nitrogen and oxygen atoms in total. The molecule has 14 heavy (non-hydrogen) atoms. The largest absolute Gasteiger partial charge is 0.385 e. The van der Waals surface area contributed by atoms with E-state index in [4.69, 9.17) is 0 Å². The highest BCUT2D eigenvalue weighted by Crippen LogP contribution is 2.33. The van der Waals surface area contributed by atoms with Gasteiger partial charge in [0.15, 0.2) is 0 Å². The van der Waals surface area contributed by atoms with E-state index in [9.17, 15) is 0 Å².